The Morgan fingerprint density at radius 3 is 2.62 bits per heavy atom. The molecule has 0 spiro atoms. The van der Waals surface area contributed by atoms with E-state index in [1.54, 1.807) is 0 Å². The normalized spacial score (nSPS) is 19.5. The lowest BCUT2D eigenvalue weighted by molar-refractivity contribution is 0.0921. The number of hydrogen-bond donors (Lipinski definition) is 2. The van der Waals surface area contributed by atoms with Gasteiger partial charge < -0.3 is 15.8 Å². The first-order chi connectivity index (χ1) is 12.2. The van der Waals surface area contributed by atoms with Crippen LogP contribution in [0, 0.1) is 0 Å². The van der Waals surface area contributed by atoms with Crippen molar-refractivity contribution in [3.05, 3.63) is 35.3 Å². The van der Waals surface area contributed by atoms with Gasteiger partial charge in [-0.3, -0.25) is 4.79 Å². The maximum Gasteiger partial charge on any atom is 0.270 e. The lowest BCUT2D eigenvalue weighted by Gasteiger charge is -2.26. The monoisotopic (exact) mass is 395 g/mol. The molecule has 0 unspecified atom stereocenters. The Morgan fingerprint density at radius 1 is 1.27 bits per heavy atom. The molecule has 0 atom stereocenters. The van der Waals surface area contributed by atoms with E-state index >= 15 is 0 Å². The van der Waals surface area contributed by atoms with Crippen molar-refractivity contribution in [1.82, 2.24) is 10.3 Å². The number of rotatable bonds is 6. The topological polar surface area (TPSA) is 77.2 Å². The maximum atomic E-state index is 12.4. The SMILES string of the molecule is CCCOc1ccc(-c2nc(C(=O)NC3CCC(N)CC3)cs2)cc1.Cl. The van der Waals surface area contributed by atoms with Crippen molar-refractivity contribution in [2.45, 2.75) is 51.1 Å². The van der Waals surface area contributed by atoms with E-state index in [2.05, 4.69) is 17.2 Å². The summed E-state index contributed by atoms with van der Waals surface area (Å²) in [6.45, 7) is 2.80. The van der Waals surface area contributed by atoms with E-state index < -0.39 is 0 Å². The summed E-state index contributed by atoms with van der Waals surface area (Å²) in [4.78, 5) is 16.9. The van der Waals surface area contributed by atoms with Crippen LogP contribution in [0.15, 0.2) is 29.6 Å². The number of amides is 1. The second-order valence-corrected chi connectivity index (χ2v) is 7.35. The number of carbonyl (C=O) groups excluding carboxylic acids is 1. The van der Waals surface area contributed by atoms with Crippen LogP contribution in [-0.4, -0.2) is 29.6 Å². The number of nitrogens with zero attached hydrogens (tertiary/aromatic N) is 1. The Labute approximate surface area is 164 Å². The number of benzene rings is 1. The Bertz CT molecular complexity index is 697. The Balaban J connectivity index is 0.00000243. The molecule has 1 amide bonds. The Hall–Kier alpha value is -1.63. The predicted octanol–water partition coefficient (Wildman–Crippen LogP) is 4.02. The van der Waals surface area contributed by atoms with Crippen LogP contribution in [0.5, 0.6) is 5.75 Å². The molecule has 26 heavy (non-hydrogen) atoms. The summed E-state index contributed by atoms with van der Waals surface area (Å²) in [5.41, 5.74) is 7.40. The zero-order valence-corrected chi connectivity index (χ0v) is 16.6. The van der Waals surface area contributed by atoms with E-state index in [0.717, 1.165) is 48.4 Å². The molecule has 7 heteroatoms. The van der Waals surface area contributed by atoms with Crippen molar-refractivity contribution < 1.29 is 9.53 Å². The number of hydrogen-bond acceptors (Lipinski definition) is 5. The summed E-state index contributed by atoms with van der Waals surface area (Å²) < 4.78 is 5.59. The molecule has 1 aromatic heterocycles. The van der Waals surface area contributed by atoms with Gasteiger partial charge in [-0.1, -0.05) is 6.92 Å². The third kappa shape index (κ3) is 5.43. The van der Waals surface area contributed by atoms with Gasteiger partial charge in [0.05, 0.1) is 6.61 Å². The average Bonchev–Trinajstić information content (AvgIpc) is 3.12. The molecule has 0 bridgehead atoms. The fraction of sp³-hybridized carbons (Fsp3) is 0.474. The average molecular weight is 396 g/mol. The number of ether oxygens (including phenoxy) is 1. The van der Waals surface area contributed by atoms with E-state index in [9.17, 15) is 4.79 Å². The largest absolute Gasteiger partial charge is 0.494 e. The number of nitrogens with one attached hydrogen (secondary N) is 1. The van der Waals surface area contributed by atoms with Crippen LogP contribution >= 0.6 is 23.7 Å². The van der Waals surface area contributed by atoms with Gasteiger partial charge in [0, 0.05) is 23.0 Å². The molecule has 5 nitrogen and oxygen atoms in total. The molecule has 2 aromatic rings. The minimum atomic E-state index is -0.0918. The van der Waals surface area contributed by atoms with E-state index in [4.69, 9.17) is 10.5 Å². The molecule has 1 saturated carbocycles. The van der Waals surface area contributed by atoms with Crippen molar-refractivity contribution in [2.75, 3.05) is 6.61 Å². The zero-order valence-electron chi connectivity index (χ0n) is 14.9. The number of nitrogens with two attached hydrogens (primary N) is 1. The molecule has 1 aromatic carbocycles. The quantitative estimate of drug-likeness (QED) is 0.774. The van der Waals surface area contributed by atoms with E-state index in [0.29, 0.717) is 12.3 Å². The maximum absolute atomic E-state index is 12.4. The highest BCUT2D eigenvalue weighted by Crippen LogP contribution is 2.26. The molecule has 3 N–H and O–H groups in total. The standard InChI is InChI=1S/C19H25N3O2S.ClH/c1-2-11-24-16-9-3-13(4-10-16)19-22-17(12-25-19)18(23)21-15-7-5-14(20)6-8-15;/h3-4,9-10,12,14-15H,2,5-8,11,20H2,1H3,(H,21,23);1H. The first-order valence-corrected chi connectivity index (χ1v) is 9.79. The zero-order chi connectivity index (χ0) is 17.6. The van der Waals surface area contributed by atoms with Crippen LogP contribution in [0.2, 0.25) is 0 Å². The van der Waals surface area contributed by atoms with Gasteiger partial charge in [0.25, 0.3) is 5.91 Å². The molecule has 142 valence electrons. The van der Waals surface area contributed by atoms with Gasteiger partial charge in [0.2, 0.25) is 0 Å². The van der Waals surface area contributed by atoms with Crippen LogP contribution in [0.4, 0.5) is 0 Å². The van der Waals surface area contributed by atoms with Crippen LogP contribution in [0.1, 0.15) is 49.5 Å². The van der Waals surface area contributed by atoms with Crippen molar-refractivity contribution in [3.63, 3.8) is 0 Å². The minimum Gasteiger partial charge on any atom is -0.494 e. The molecular weight excluding hydrogens is 370 g/mol. The fourth-order valence-corrected chi connectivity index (χ4v) is 3.75. The Morgan fingerprint density at radius 2 is 1.96 bits per heavy atom. The number of thiazole rings is 1. The smallest absolute Gasteiger partial charge is 0.270 e. The van der Waals surface area contributed by atoms with Gasteiger partial charge in [0.1, 0.15) is 16.5 Å². The highest BCUT2D eigenvalue weighted by Gasteiger charge is 2.21. The molecule has 1 aliphatic rings. The molecule has 0 aliphatic heterocycles. The van der Waals surface area contributed by atoms with Crippen molar-refractivity contribution in [3.8, 4) is 16.3 Å². The fourth-order valence-electron chi connectivity index (χ4n) is 2.95. The lowest BCUT2D eigenvalue weighted by atomic mass is 9.92. The molecule has 0 radical (unpaired) electrons. The first-order valence-electron chi connectivity index (χ1n) is 8.91. The summed E-state index contributed by atoms with van der Waals surface area (Å²) in [6, 6.07) is 8.34. The summed E-state index contributed by atoms with van der Waals surface area (Å²) in [7, 11) is 0. The summed E-state index contributed by atoms with van der Waals surface area (Å²) in [5, 5.41) is 5.75. The van der Waals surface area contributed by atoms with E-state index in [1.165, 1.54) is 11.3 Å². The van der Waals surface area contributed by atoms with E-state index in [1.807, 2.05) is 29.6 Å². The second-order valence-electron chi connectivity index (χ2n) is 6.50. The third-order valence-electron chi connectivity index (χ3n) is 4.42. The Kier molecular flexibility index (Phi) is 7.87. The highest BCUT2D eigenvalue weighted by molar-refractivity contribution is 7.13. The molecule has 1 aliphatic carbocycles. The number of carbonyl (C=O) groups is 1. The number of aromatic nitrogens is 1. The van der Waals surface area contributed by atoms with Gasteiger partial charge in [-0.15, -0.1) is 23.7 Å². The predicted molar refractivity (Wildman–Crippen MR) is 108 cm³/mol. The molecule has 1 heterocycles. The van der Waals surface area contributed by atoms with Gasteiger partial charge in [-0.05, 0) is 56.4 Å². The van der Waals surface area contributed by atoms with Gasteiger partial charge >= 0.3 is 0 Å². The van der Waals surface area contributed by atoms with Gasteiger partial charge in [-0.25, -0.2) is 4.98 Å². The molecule has 3 rings (SSSR count). The summed E-state index contributed by atoms with van der Waals surface area (Å²) in [6.07, 6.45) is 4.82. The van der Waals surface area contributed by atoms with Crippen LogP contribution < -0.4 is 15.8 Å². The van der Waals surface area contributed by atoms with Crippen molar-refractivity contribution >= 4 is 29.7 Å². The van der Waals surface area contributed by atoms with E-state index in [-0.39, 0.29) is 30.4 Å². The van der Waals surface area contributed by atoms with Crippen LogP contribution in [0.3, 0.4) is 0 Å². The van der Waals surface area contributed by atoms with Crippen LogP contribution in [-0.2, 0) is 0 Å². The summed E-state index contributed by atoms with van der Waals surface area (Å²) >= 11 is 1.48. The minimum absolute atomic E-state index is 0. The first kappa shape index (κ1) is 20.7. The lowest BCUT2D eigenvalue weighted by Crippen LogP contribution is -2.40. The number of halogens is 1. The van der Waals surface area contributed by atoms with Crippen LogP contribution in [0.25, 0.3) is 10.6 Å². The van der Waals surface area contributed by atoms with Crippen molar-refractivity contribution in [1.29, 1.82) is 0 Å². The van der Waals surface area contributed by atoms with Gasteiger partial charge in [0.15, 0.2) is 0 Å². The third-order valence-corrected chi connectivity index (χ3v) is 5.31. The second kappa shape index (κ2) is 9.90. The summed E-state index contributed by atoms with van der Waals surface area (Å²) in [5.74, 6) is 0.765. The molecule has 1 fully saturated rings. The van der Waals surface area contributed by atoms with Gasteiger partial charge in [-0.2, -0.15) is 0 Å². The molecular formula is C19H26ClN3O2S. The molecule has 0 saturated heterocycles. The van der Waals surface area contributed by atoms with Crippen molar-refractivity contribution in [2.24, 2.45) is 5.73 Å². The highest BCUT2D eigenvalue weighted by atomic mass is 35.5.